The Bertz CT molecular complexity index is 554. The van der Waals surface area contributed by atoms with Crippen molar-refractivity contribution in [2.24, 2.45) is 0 Å². The Morgan fingerprint density at radius 1 is 1.16 bits per heavy atom. The maximum absolute atomic E-state index is 12.3. The number of hydrogen-bond donors (Lipinski definition) is 0. The Morgan fingerprint density at radius 2 is 1.89 bits per heavy atom. The van der Waals surface area contributed by atoms with Gasteiger partial charge in [-0.15, -0.1) is 0 Å². The second-order valence-electron chi connectivity index (χ2n) is 4.80. The highest BCUT2D eigenvalue weighted by atomic mass is 16.5. The van der Waals surface area contributed by atoms with Gasteiger partial charge in [0, 0.05) is 6.42 Å². The zero-order valence-corrected chi connectivity index (χ0v) is 10.3. The highest BCUT2D eigenvalue weighted by Gasteiger charge is 2.59. The van der Waals surface area contributed by atoms with Crippen LogP contribution in [0.2, 0.25) is 0 Å². The lowest BCUT2D eigenvalue weighted by molar-refractivity contribution is -0.151. The number of amides is 2. The molecule has 1 aromatic carbocycles. The van der Waals surface area contributed by atoms with Gasteiger partial charge in [-0.3, -0.25) is 19.3 Å². The summed E-state index contributed by atoms with van der Waals surface area (Å²) in [4.78, 5) is 37.2. The van der Waals surface area contributed by atoms with Crippen LogP contribution >= 0.6 is 0 Å². The second-order valence-corrected chi connectivity index (χ2v) is 4.80. The minimum absolute atomic E-state index is 0.155. The molecule has 0 bridgehead atoms. The second kappa shape index (κ2) is 4.28. The lowest BCUT2D eigenvalue weighted by Crippen LogP contribution is -2.44. The van der Waals surface area contributed by atoms with E-state index in [1.54, 1.807) is 0 Å². The number of imide groups is 1. The molecule has 2 aliphatic heterocycles. The number of nitrogens with zero attached hydrogens (tertiary/aromatic N) is 1. The fourth-order valence-corrected chi connectivity index (χ4v) is 2.57. The summed E-state index contributed by atoms with van der Waals surface area (Å²) in [6.07, 6.45) is 0.0513. The first-order chi connectivity index (χ1) is 9.13. The minimum Gasteiger partial charge on any atom is -0.357 e. The van der Waals surface area contributed by atoms with E-state index >= 15 is 0 Å². The summed E-state index contributed by atoms with van der Waals surface area (Å²) >= 11 is 0. The molecule has 0 saturated carbocycles. The summed E-state index contributed by atoms with van der Waals surface area (Å²) in [5.41, 5.74) is -0.669. The Hall–Kier alpha value is -2.01. The average Bonchev–Trinajstić information content (AvgIpc) is 2.88. The molecule has 2 aliphatic rings. The number of benzene rings is 1. The molecule has 5 nitrogen and oxygen atoms in total. The van der Waals surface area contributed by atoms with Crippen LogP contribution in [0.4, 0.5) is 0 Å². The zero-order valence-electron chi connectivity index (χ0n) is 10.3. The van der Waals surface area contributed by atoms with E-state index in [2.05, 4.69) is 0 Å². The molecule has 1 aromatic rings. The van der Waals surface area contributed by atoms with Gasteiger partial charge < -0.3 is 4.74 Å². The molecular weight excluding hydrogens is 246 g/mol. The van der Waals surface area contributed by atoms with E-state index in [4.69, 9.17) is 4.74 Å². The van der Waals surface area contributed by atoms with E-state index in [0.717, 1.165) is 10.5 Å². The highest BCUT2D eigenvalue weighted by molar-refractivity contribution is 6.21. The molecule has 0 N–H and O–H groups in total. The van der Waals surface area contributed by atoms with Crippen LogP contribution in [0.3, 0.4) is 0 Å². The summed E-state index contributed by atoms with van der Waals surface area (Å²) in [6, 6.07) is 9.22. The minimum atomic E-state index is -1.52. The molecule has 0 aliphatic carbocycles. The summed E-state index contributed by atoms with van der Waals surface area (Å²) in [5, 5.41) is 0. The summed E-state index contributed by atoms with van der Waals surface area (Å²) in [7, 11) is 0. The predicted molar refractivity (Wildman–Crippen MR) is 64.9 cm³/mol. The standard InChI is InChI=1S/C14H13NO4/c16-11-6-7-19-14(11)8-12(17)15(13(14)18)9-10-4-2-1-3-5-10/h1-5H,6-9H2. The van der Waals surface area contributed by atoms with Crippen molar-refractivity contribution in [1.29, 1.82) is 0 Å². The fraction of sp³-hybridized carbons (Fsp3) is 0.357. The van der Waals surface area contributed by atoms with E-state index in [0.29, 0.717) is 0 Å². The molecule has 2 fully saturated rings. The molecular formula is C14H13NO4. The van der Waals surface area contributed by atoms with Crippen molar-refractivity contribution < 1.29 is 19.1 Å². The quantitative estimate of drug-likeness (QED) is 0.578. The van der Waals surface area contributed by atoms with Crippen molar-refractivity contribution in [3.63, 3.8) is 0 Å². The van der Waals surface area contributed by atoms with Gasteiger partial charge in [0.05, 0.1) is 19.6 Å². The number of ketones is 1. The van der Waals surface area contributed by atoms with Gasteiger partial charge in [-0.05, 0) is 5.56 Å². The van der Waals surface area contributed by atoms with Crippen LogP contribution in [0, 0.1) is 0 Å². The Labute approximate surface area is 110 Å². The molecule has 1 spiro atoms. The lowest BCUT2D eigenvalue weighted by Gasteiger charge is -2.19. The van der Waals surface area contributed by atoms with Crippen LogP contribution in [0.1, 0.15) is 18.4 Å². The van der Waals surface area contributed by atoms with Crippen molar-refractivity contribution >= 4 is 17.6 Å². The molecule has 0 radical (unpaired) electrons. The van der Waals surface area contributed by atoms with Crippen molar-refractivity contribution in [2.75, 3.05) is 6.61 Å². The van der Waals surface area contributed by atoms with Crippen LogP contribution in [0.25, 0.3) is 0 Å². The number of likely N-dealkylation sites (tertiary alicyclic amines) is 1. The monoisotopic (exact) mass is 259 g/mol. The van der Waals surface area contributed by atoms with E-state index in [9.17, 15) is 14.4 Å². The zero-order chi connectivity index (χ0) is 13.5. The van der Waals surface area contributed by atoms with Gasteiger partial charge in [-0.1, -0.05) is 30.3 Å². The molecule has 3 rings (SSSR count). The molecule has 98 valence electrons. The van der Waals surface area contributed by atoms with E-state index < -0.39 is 11.5 Å². The summed E-state index contributed by atoms with van der Waals surface area (Å²) < 4.78 is 5.30. The molecule has 19 heavy (non-hydrogen) atoms. The first-order valence-electron chi connectivity index (χ1n) is 6.19. The number of hydrogen-bond acceptors (Lipinski definition) is 4. The number of ether oxygens (including phenoxy) is 1. The van der Waals surface area contributed by atoms with Gasteiger partial charge in [0.1, 0.15) is 0 Å². The topological polar surface area (TPSA) is 63.7 Å². The number of carbonyl (C=O) groups excluding carboxylic acids is 3. The van der Waals surface area contributed by atoms with Gasteiger partial charge in [0.25, 0.3) is 5.91 Å². The van der Waals surface area contributed by atoms with Crippen LogP contribution in [0.5, 0.6) is 0 Å². The van der Waals surface area contributed by atoms with Gasteiger partial charge in [0.2, 0.25) is 11.5 Å². The van der Waals surface area contributed by atoms with Crippen molar-refractivity contribution in [3.05, 3.63) is 35.9 Å². The van der Waals surface area contributed by atoms with Crippen molar-refractivity contribution in [2.45, 2.75) is 25.0 Å². The summed E-state index contributed by atoms with van der Waals surface area (Å²) in [5.74, 6) is -1.13. The number of carbonyl (C=O) groups is 3. The fourth-order valence-electron chi connectivity index (χ4n) is 2.57. The third-order valence-corrected chi connectivity index (χ3v) is 3.60. The highest BCUT2D eigenvalue weighted by Crippen LogP contribution is 2.35. The molecule has 2 heterocycles. The van der Waals surface area contributed by atoms with Gasteiger partial charge in [-0.2, -0.15) is 0 Å². The number of Topliss-reactive ketones (excluding diaryl/α,β-unsaturated/α-hetero) is 1. The molecule has 0 aromatic heterocycles. The lowest BCUT2D eigenvalue weighted by atomic mass is 9.97. The molecule has 1 unspecified atom stereocenters. The largest absolute Gasteiger partial charge is 0.357 e. The molecule has 5 heteroatoms. The van der Waals surface area contributed by atoms with Gasteiger partial charge in [0.15, 0.2) is 5.78 Å². The molecule has 2 amide bonds. The van der Waals surface area contributed by atoms with Crippen molar-refractivity contribution in [1.82, 2.24) is 4.90 Å². The Kier molecular flexibility index (Phi) is 2.71. The average molecular weight is 259 g/mol. The van der Waals surface area contributed by atoms with Crippen molar-refractivity contribution in [3.8, 4) is 0 Å². The van der Waals surface area contributed by atoms with E-state index in [-0.39, 0.29) is 37.7 Å². The normalized spacial score (nSPS) is 26.7. The smallest absolute Gasteiger partial charge is 0.270 e. The van der Waals surface area contributed by atoms with Crippen LogP contribution in [-0.2, 0) is 25.7 Å². The molecule has 1 atom stereocenters. The first-order valence-corrected chi connectivity index (χ1v) is 6.19. The maximum Gasteiger partial charge on any atom is 0.270 e. The predicted octanol–water partition coefficient (Wildman–Crippen LogP) is 0.674. The Balaban J connectivity index is 1.86. The van der Waals surface area contributed by atoms with Crippen LogP contribution in [-0.4, -0.2) is 34.7 Å². The SMILES string of the molecule is O=C1CC2(OCCC2=O)C(=O)N1Cc1ccccc1. The van der Waals surface area contributed by atoms with E-state index in [1.165, 1.54) is 0 Å². The van der Waals surface area contributed by atoms with Gasteiger partial charge in [-0.25, -0.2) is 0 Å². The van der Waals surface area contributed by atoms with Gasteiger partial charge >= 0.3 is 0 Å². The Morgan fingerprint density at radius 3 is 2.53 bits per heavy atom. The van der Waals surface area contributed by atoms with Crippen LogP contribution in [0.15, 0.2) is 30.3 Å². The third kappa shape index (κ3) is 1.77. The molecule has 2 saturated heterocycles. The number of rotatable bonds is 2. The maximum atomic E-state index is 12.3. The third-order valence-electron chi connectivity index (χ3n) is 3.60. The van der Waals surface area contributed by atoms with E-state index in [1.807, 2.05) is 30.3 Å². The first kappa shape index (κ1) is 12.0. The summed E-state index contributed by atoms with van der Waals surface area (Å²) in [6.45, 7) is 0.411. The van der Waals surface area contributed by atoms with Crippen LogP contribution < -0.4 is 0 Å².